The molecule has 168 valence electrons. The highest BCUT2D eigenvalue weighted by atomic mass is 16.3. The average molecular weight is 425 g/mol. The van der Waals surface area contributed by atoms with Gasteiger partial charge in [-0.25, -0.2) is 4.79 Å². The number of nitrogens with one attached hydrogen (secondary N) is 1. The molecule has 0 unspecified atom stereocenters. The van der Waals surface area contributed by atoms with E-state index in [1.807, 2.05) is 36.4 Å². The Morgan fingerprint density at radius 3 is 2.19 bits per heavy atom. The maximum Gasteiger partial charge on any atom is 0.317 e. The molecule has 0 aromatic heterocycles. The van der Waals surface area contributed by atoms with Gasteiger partial charge in [0.15, 0.2) is 0 Å². The molecule has 0 spiro atoms. The van der Waals surface area contributed by atoms with Crippen LogP contribution in [0.2, 0.25) is 0 Å². The first-order valence-electron chi connectivity index (χ1n) is 11.3. The third-order valence-corrected chi connectivity index (χ3v) is 5.90. The normalized spacial score (nSPS) is 16.1. The maximum atomic E-state index is 13.1. The summed E-state index contributed by atoms with van der Waals surface area (Å²) in [5.41, 5.74) is 2.41. The molecule has 2 aromatic carbocycles. The van der Waals surface area contributed by atoms with Crippen LogP contribution in [0.5, 0.6) is 0 Å². The fourth-order valence-electron chi connectivity index (χ4n) is 4.01. The molecular weight excluding hydrogens is 388 g/mol. The molecule has 0 aliphatic carbocycles. The van der Waals surface area contributed by atoms with E-state index in [1.54, 1.807) is 4.90 Å². The van der Waals surface area contributed by atoms with E-state index >= 15 is 0 Å². The molecule has 2 N–H and O–H groups in total. The molecule has 31 heavy (non-hydrogen) atoms. The SMILES string of the molecule is CN1CCN(C[C@H](Cc2ccccc2)NC(=O)N(CCO)CCc2ccccc2)CC1. The summed E-state index contributed by atoms with van der Waals surface area (Å²) in [4.78, 5) is 19.6. The molecule has 2 aromatic rings. The fraction of sp³-hybridized carbons (Fsp3) is 0.480. The number of carbonyl (C=O) groups excluding carboxylic acids is 1. The number of rotatable bonds is 10. The number of amides is 2. The van der Waals surface area contributed by atoms with Gasteiger partial charge < -0.3 is 20.2 Å². The zero-order chi connectivity index (χ0) is 21.9. The number of urea groups is 1. The Labute approximate surface area is 186 Å². The summed E-state index contributed by atoms with van der Waals surface area (Å²) in [5.74, 6) is 0. The van der Waals surface area contributed by atoms with Gasteiger partial charge in [0, 0.05) is 51.9 Å². The molecule has 1 saturated heterocycles. The topological polar surface area (TPSA) is 59.0 Å². The predicted molar refractivity (Wildman–Crippen MR) is 125 cm³/mol. The Balaban J connectivity index is 1.62. The van der Waals surface area contributed by atoms with Gasteiger partial charge in [0.25, 0.3) is 0 Å². The Bertz CT molecular complexity index is 764. The quantitative estimate of drug-likeness (QED) is 0.613. The van der Waals surface area contributed by atoms with Gasteiger partial charge in [0.05, 0.1) is 6.61 Å². The molecule has 0 saturated carbocycles. The summed E-state index contributed by atoms with van der Waals surface area (Å²) >= 11 is 0. The van der Waals surface area contributed by atoms with E-state index in [9.17, 15) is 9.90 Å². The van der Waals surface area contributed by atoms with Crippen LogP contribution < -0.4 is 5.32 Å². The number of hydrogen-bond donors (Lipinski definition) is 2. The highest BCUT2D eigenvalue weighted by Gasteiger charge is 2.22. The van der Waals surface area contributed by atoms with Crippen molar-refractivity contribution >= 4 is 6.03 Å². The van der Waals surface area contributed by atoms with E-state index < -0.39 is 0 Å². The summed E-state index contributed by atoms with van der Waals surface area (Å²) < 4.78 is 0. The van der Waals surface area contributed by atoms with E-state index in [4.69, 9.17) is 0 Å². The minimum absolute atomic E-state index is 0.0243. The van der Waals surface area contributed by atoms with Gasteiger partial charge in [0.1, 0.15) is 0 Å². The number of aliphatic hydroxyl groups excluding tert-OH is 1. The molecule has 6 nitrogen and oxygen atoms in total. The van der Waals surface area contributed by atoms with E-state index in [1.165, 1.54) is 11.1 Å². The number of piperazine rings is 1. The highest BCUT2D eigenvalue weighted by molar-refractivity contribution is 5.74. The molecule has 2 amide bonds. The van der Waals surface area contributed by atoms with Crippen molar-refractivity contribution in [2.75, 3.05) is 59.5 Å². The summed E-state index contributed by atoms with van der Waals surface area (Å²) in [6.07, 6.45) is 1.57. The fourth-order valence-corrected chi connectivity index (χ4v) is 4.01. The minimum Gasteiger partial charge on any atom is -0.395 e. The lowest BCUT2D eigenvalue weighted by molar-refractivity contribution is 0.137. The second-order valence-electron chi connectivity index (χ2n) is 8.39. The average Bonchev–Trinajstić information content (AvgIpc) is 2.79. The largest absolute Gasteiger partial charge is 0.395 e. The number of nitrogens with zero attached hydrogens (tertiary/aromatic N) is 3. The van der Waals surface area contributed by atoms with Crippen molar-refractivity contribution in [2.45, 2.75) is 18.9 Å². The first kappa shape index (κ1) is 23.3. The molecule has 1 fully saturated rings. The van der Waals surface area contributed by atoms with Crippen LogP contribution in [0.15, 0.2) is 60.7 Å². The predicted octanol–water partition coefficient (Wildman–Crippen LogP) is 2.09. The number of benzene rings is 2. The molecule has 1 atom stereocenters. The van der Waals surface area contributed by atoms with Crippen LogP contribution in [0.4, 0.5) is 4.79 Å². The van der Waals surface area contributed by atoms with Crippen LogP contribution in [0.1, 0.15) is 11.1 Å². The van der Waals surface area contributed by atoms with Crippen LogP contribution in [-0.2, 0) is 12.8 Å². The third kappa shape index (κ3) is 7.98. The lowest BCUT2D eigenvalue weighted by Crippen LogP contribution is -2.53. The van der Waals surface area contributed by atoms with Crippen LogP contribution >= 0.6 is 0 Å². The summed E-state index contributed by atoms with van der Waals surface area (Å²) in [6.45, 7) is 5.87. The Morgan fingerprint density at radius 2 is 1.58 bits per heavy atom. The molecule has 6 heteroatoms. The van der Waals surface area contributed by atoms with Crippen LogP contribution in [0.3, 0.4) is 0 Å². The third-order valence-electron chi connectivity index (χ3n) is 5.90. The van der Waals surface area contributed by atoms with Crippen molar-refractivity contribution in [1.82, 2.24) is 20.0 Å². The second-order valence-corrected chi connectivity index (χ2v) is 8.39. The van der Waals surface area contributed by atoms with Crippen molar-refractivity contribution in [3.63, 3.8) is 0 Å². The molecule has 0 bridgehead atoms. The number of aliphatic hydroxyl groups is 1. The van der Waals surface area contributed by atoms with Crippen molar-refractivity contribution in [3.05, 3.63) is 71.8 Å². The van der Waals surface area contributed by atoms with Crippen molar-refractivity contribution in [3.8, 4) is 0 Å². The standard InChI is InChI=1S/C25H36N4O2/c1-27-14-16-28(17-15-27)21-24(20-23-10-6-3-7-11-23)26-25(31)29(18-19-30)13-12-22-8-4-2-5-9-22/h2-11,24,30H,12-21H2,1H3,(H,26,31)/t24-/m0/s1. The summed E-state index contributed by atoms with van der Waals surface area (Å²) in [7, 11) is 2.15. The molecule has 1 aliphatic heterocycles. The molecular formula is C25H36N4O2. The maximum absolute atomic E-state index is 13.1. The van der Waals surface area contributed by atoms with Gasteiger partial charge >= 0.3 is 6.03 Å². The van der Waals surface area contributed by atoms with Gasteiger partial charge in [-0.05, 0) is 31.0 Å². The Kier molecular flexibility index (Phi) is 9.34. The van der Waals surface area contributed by atoms with Gasteiger partial charge in [-0.2, -0.15) is 0 Å². The number of likely N-dealkylation sites (N-methyl/N-ethyl adjacent to an activating group) is 1. The van der Waals surface area contributed by atoms with E-state index in [0.717, 1.165) is 45.6 Å². The lowest BCUT2D eigenvalue weighted by atomic mass is 10.1. The van der Waals surface area contributed by atoms with Crippen LogP contribution in [0.25, 0.3) is 0 Å². The van der Waals surface area contributed by atoms with Crippen molar-refractivity contribution < 1.29 is 9.90 Å². The molecule has 3 rings (SSSR count). The minimum atomic E-state index is -0.0972. The van der Waals surface area contributed by atoms with Crippen molar-refractivity contribution in [1.29, 1.82) is 0 Å². The Hall–Kier alpha value is -2.41. The van der Waals surface area contributed by atoms with Crippen LogP contribution in [-0.4, -0.2) is 91.3 Å². The monoisotopic (exact) mass is 424 g/mol. The van der Waals surface area contributed by atoms with Gasteiger partial charge in [0.2, 0.25) is 0 Å². The molecule has 1 aliphatic rings. The zero-order valence-electron chi connectivity index (χ0n) is 18.6. The lowest BCUT2D eigenvalue weighted by Gasteiger charge is -2.35. The Morgan fingerprint density at radius 1 is 0.968 bits per heavy atom. The number of hydrogen-bond acceptors (Lipinski definition) is 4. The van der Waals surface area contributed by atoms with Crippen molar-refractivity contribution in [2.24, 2.45) is 0 Å². The van der Waals surface area contributed by atoms with E-state index in [-0.39, 0.29) is 18.7 Å². The second kappa shape index (κ2) is 12.4. The smallest absolute Gasteiger partial charge is 0.317 e. The van der Waals surface area contributed by atoms with Gasteiger partial charge in [-0.3, -0.25) is 4.90 Å². The van der Waals surface area contributed by atoms with E-state index in [0.29, 0.717) is 13.1 Å². The van der Waals surface area contributed by atoms with E-state index in [2.05, 4.69) is 46.4 Å². The van der Waals surface area contributed by atoms with Gasteiger partial charge in [-0.15, -0.1) is 0 Å². The summed E-state index contributed by atoms with van der Waals surface area (Å²) in [5, 5.41) is 12.8. The highest BCUT2D eigenvalue weighted by Crippen LogP contribution is 2.09. The first-order valence-corrected chi connectivity index (χ1v) is 11.3. The zero-order valence-corrected chi connectivity index (χ0v) is 18.6. The first-order chi connectivity index (χ1) is 15.1. The summed E-state index contributed by atoms with van der Waals surface area (Å²) in [6, 6.07) is 20.4. The van der Waals surface area contributed by atoms with Gasteiger partial charge in [-0.1, -0.05) is 60.7 Å². The molecule has 1 heterocycles. The van der Waals surface area contributed by atoms with Crippen LogP contribution in [0, 0.1) is 0 Å². The number of carbonyl (C=O) groups is 1. The molecule has 0 radical (unpaired) electrons.